The number of cyclic esters (lactones) is 1. The van der Waals surface area contributed by atoms with Gasteiger partial charge in [-0.2, -0.15) is 0 Å². The highest BCUT2D eigenvalue weighted by Gasteiger charge is 2.53. The number of epoxide rings is 2. The van der Waals surface area contributed by atoms with Crippen molar-refractivity contribution in [2.24, 2.45) is 17.3 Å². The zero-order valence-corrected chi connectivity index (χ0v) is 22.5. The SMILES string of the molecule is Cc1nc(C=CC2CC3OC3(C)CCCC(C)C(O)C(CC3CO3)C(=O)C(C)(C)C(O)CC(=O)O2)co1. The summed E-state index contributed by atoms with van der Waals surface area (Å²) in [7, 11) is 0. The van der Waals surface area contributed by atoms with Gasteiger partial charge in [-0.1, -0.05) is 27.2 Å². The van der Waals surface area contributed by atoms with Crippen molar-refractivity contribution in [3.05, 3.63) is 23.9 Å². The van der Waals surface area contributed by atoms with Gasteiger partial charge < -0.3 is 28.8 Å². The highest BCUT2D eigenvalue weighted by molar-refractivity contribution is 5.88. The summed E-state index contributed by atoms with van der Waals surface area (Å²) in [6.45, 7) is 9.58. The van der Waals surface area contributed by atoms with Crippen LogP contribution in [0.1, 0.15) is 77.8 Å². The minimum absolute atomic E-state index is 0.0557. The molecule has 0 aliphatic carbocycles. The molecule has 0 saturated carbocycles. The van der Waals surface area contributed by atoms with E-state index in [4.69, 9.17) is 18.6 Å². The van der Waals surface area contributed by atoms with Crippen LogP contribution < -0.4 is 0 Å². The Morgan fingerprint density at radius 3 is 2.59 bits per heavy atom. The average molecular weight is 520 g/mol. The number of ether oxygens (including phenoxy) is 3. The molecule has 1 aromatic rings. The number of hydrogen-bond acceptors (Lipinski definition) is 9. The van der Waals surface area contributed by atoms with Crippen LogP contribution in [0.15, 0.2) is 16.8 Å². The second-order valence-electron chi connectivity index (χ2n) is 11.8. The number of aliphatic hydroxyl groups excluding tert-OH is 2. The molecule has 3 aliphatic heterocycles. The van der Waals surface area contributed by atoms with E-state index in [9.17, 15) is 19.8 Å². The number of fused-ring (bicyclic) bond motifs is 1. The molecule has 8 unspecified atom stereocenters. The van der Waals surface area contributed by atoms with Crippen LogP contribution in [0.25, 0.3) is 6.08 Å². The van der Waals surface area contributed by atoms with Crippen LogP contribution in [-0.2, 0) is 23.8 Å². The molecule has 3 aliphatic rings. The van der Waals surface area contributed by atoms with E-state index >= 15 is 0 Å². The van der Waals surface area contributed by atoms with Gasteiger partial charge in [0, 0.05) is 19.3 Å². The number of oxazole rings is 1. The maximum atomic E-state index is 13.7. The normalized spacial score (nSPS) is 39.3. The molecule has 0 aromatic carbocycles. The summed E-state index contributed by atoms with van der Waals surface area (Å²) in [5.74, 6) is -1.12. The van der Waals surface area contributed by atoms with Crippen molar-refractivity contribution in [1.82, 2.24) is 4.98 Å². The molecule has 3 fully saturated rings. The molecular formula is C28H41NO8. The van der Waals surface area contributed by atoms with Gasteiger partial charge in [-0.3, -0.25) is 9.59 Å². The van der Waals surface area contributed by atoms with Crippen LogP contribution in [0.2, 0.25) is 0 Å². The summed E-state index contributed by atoms with van der Waals surface area (Å²) < 4.78 is 22.4. The van der Waals surface area contributed by atoms with Crippen LogP contribution in [0.5, 0.6) is 0 Å². The Morgan fingerprint density at radius 1 is 1.22 bits per heavy atom. The van der Waals surface area contributed by atoms with Gasteiger partial charge in [-0.05, 0) is 44.3 Å². The van der Waals surface area contributed by atoms with E-state index in [1.54, 1.807) is 32.9 Å². The lowest BCUT2D eigenvalue weighted by Gasteiger charge is -2.36. The summed E-state index contributed by atoms with van der Waals surface area (Å²) in [4.78, 5) is 30.8. The number of Topliss-reactive ketones (excluding diaryl/α,β-unsaturated/α-hetero) is 1. The molecule has 0 spiro atoms. The van der Waals surface area contributed by atoms with E-state index in [0.29, 0.717) is 31.0 Å². The maximum Gasteiger partial charge on any atom is 0.309 e. The molecule has 9 heteroatoms. The monoisotopic (exact) mass is 519 g/mol. The molecule has 3 saturated heterocycles. The number of esters is 1. The predicted molar refractivity (Wildman–Crippen MR) is 134 cm³/mol. The van der Waals surface area contributed by atoms with Gasteiger partial charge in [0.25, 0.3) is 0 Å². The summed E-state index contributed by atoms with van der Waals surface area (Å²) in [5, 5.41) is 22.2. The van der Waals surface area contributed by atoms with Crippen LogP contribution in [0.3, 0.4) is 0 Å². The minimum atomic E-state index is -1.27. The molecule has 0 radical (unpaired) electrons. The fourth-order valence-corrected chi connectivity index (χ4v) is 5.35. The number of aliphatic hydroxyl groups is 2. The predicted octanol–water partition coefficient (Wildman–Crippen LogP) is 3.39. The first-order valence-electron chi connectivity index (χ1n) is 13.4. The standard InChI is InChI=1S/C28H41NO8/c1-16-7-6-10-28(5)23(37-28)12-19(9-8-18-14-34-17(2)29-18)36-24(31)13-22(30)27(3,4)26(33)21(25(16)32)11-20-15-35-20/h8-9,14,16,19-23,25,30,32H,6-7,10-13,15H2,1-5H3. The number of aromatic nitrogens is 1. The van der Waals surface area contributed by atoms with E-state index in [2.05, 4.69) is 11.9 Å². The zero-order valence-electron chi connectivity index (χ0n) is 22.5. The summed E-state index contributed by atoms with van der Waals surface area (Å²) in [6, 6.07) is 0. The van der Waals surface area contributed by atoms with E-state index in [0.717, 1.165) is 19.3 Å². The molecular weight excluding hydrogens is 478 g/mol. The number of hydrogen-bond donors (Lipinski definition) is 2. The third-order valence-electron chi connectivity index (χ3n) is 8.29. The topological polar surface area (TPSA) is 135 Å². The molecule has 0 amide bonds. The van der Waals surface area contributed by atoms with Crippen molar-refractivity contribution >= 4 is 17.8 Å². The van der Waals surface area contributed by atoms with Crippen LogP contribution in [0.4, 0.5) is 0 Å². The molecule has 206 valence electrons. The van der Waals surface area contributed by atoms with Crippen molar-refractivity contribution < 1.29 is 38.4 Å². The van der Waals surface area contributed by atoms with Crippen molar-refractivity contribution in [3.63, 3.8) is 0 Å². The van der Waals surface area contributed by atoms with Crippen molar-refractivity contribution in [2.45, 2.75) is 109 Å². The van der Waals surface area contributed by atoms with E-state index in [1.165, 1.54) is 6.26 Å². The first kappa shape index (κ1) is 28.0. The molecule has 2 N–H and O–H groups in total. The molecule has 4 heterocycles. The number of rotatable bonds is 4. The van der Waals surface area contributed by atoms with Crippen LogP contribution >= 0.6 is 0 Å². The first-order chi connectivity index (χ1) is 17.4. The lowest BCUT2D eigenvalue weighted by atomic mass is 9.71. The Labute approximate surface area is 218 Å². The first-order valence-corrected chi connectivity index (χ1v) is 13.4. The summed E-state index contributed by atoms with van der Waals surface area (Å²) >= 11 is 0. The Bertz CT molecular complexity index is 998. The molecule has 8 atom stereocenters. The quantitative estimate of drug-likeness (QED) is 0.453. The number of carbonyl (C=O) groups is 2. The Morgan fingerprint density at radius 2 is 1.95 bits per heavy atom. The van der Waals surface area contributed by atoms with E-state index in [-0.39, 0.29) is 35.9 Å². The Kier molecular flexibility index (Phi) is 8.28. The summed E-state index contributed by atoms with van der Waals surface area (Å²) in [6.07, 6.45) is 5.08. The largest absolute Gasteiger partial charge is 0.458 e. The van der Waals surface area contributed by atoms with Gasteiger partial charge in [-0.15, -0.1) is 0 Å². The maximum absolute atomic E-state index is 13.7. The number of aryl methyl sites for hydroxylation is 1. The van der Waals surface area contributed by atoms with Gasteiger partial charge in [0.1, 0.15) is 23.8 Å². The number of ketones is 1. The third kappa shape index (κ3) is 6.88. The van der Waals surface area contributed by atoms with Crippen molar-refractivity contribution in [3.8, 4) is 0 Å². The highest BCUT2D eigenvalue weighted by Crippen LogP contribution is 2.44. The van der Waals surface area contributed by atoms with Crippen LogP contribution in [0, 0.1) is 24.2 Å². The molecule has 4 rings (SSSR count). The van der Waals surface area contributed by atoms with Crippen molar-refractivity contribution in [2.75, 3.05) is 6.61 Å². The molecule has 0 bridgehead atoms. The van der Waals surface area contributed by atoms with Gasteiger partial charge in [0.05, 0.1) is 48.5 Å². The molecule has 37 heavy (non-hydrogen) atoms. The van der Waals surface area contributed by atoms with Crippen LogP contribution in [-0.4, -0.2) is 69.7 Å². The average Bonchev–Trinajstić information content (AvgIpc) is 3.72. The lowest BCUT2D eigenvalue weighted by Crippen LogP contribution is -2.47. The smallest absolute Gasteiger partial charge is 0.309 e. The second-order valence-corrected chi connectivity index (χ2v) is 11.8. The van der Waals surface area contributed by atoms with Gasteiger partial charge >= 0.3 is 5.97 Å². The Hall–Kier alpha value is -2.07. The van der Waals surface area contributed by atoms with E-state index < -0.39 is 35.6 Å². The minimum Gasteiger partial charge on any atom is -0.458 e. The molecule has 9 nitrogen and oxygen atoms in total. The van der Waals surface area contributed by atoms with Gasteiger partial charge in [0.2, 0.25) is 0 Å². The van der Waals surface area contributed by atoms with E-state index in [1.807, 2.05) is 6.92 Å². The number of nitrogens with zero attached hydrogens (tertiary/aromatic N) is 1. The second kappa shape index (κ2) is 11.0. The third-order valence-corrected chi connectivity index (χ3v) is 8.29. The van der Waals surface area contributed by atoms with Gasteiger partial charge in [-0.25, -0.2) is 4.98 Å². The lowest BCUT2D eigenvalue weighted by molar-refractivity contribution is -0.154. The molecule has 1 aromatic heterocycles. The zero-order chi connectivity index (χ0) is 27.0. The van der Waals surface area contributed by atoms with Gasteiger partial charge in [0.15, 0.2) is 5.89 Å². The summed E-state index contributed by atoms with van der Waals surface area (Å²) in [5.41, 5.74) is -0.966. The fraction of sp³-hybridized carbons (Fsp3) is 0.750. The highest BCUT2D eigenvalue weighted by atomic mass is 16.6. The fourth-order valence-electron chi connectivity index (χ4n) is 5.35. The van der Waals surface area contributed by atoms with Crippen molar-refractivity contribution in [1.29, 1.82) is 0 Å². The Balaban J connectivity index is 1.55. The number of carbonyl (C=O) groups excluding carboxylic acids is 2.